The molecule has 0 saturated heterocycles. The number of nitrogens with zero attached hydrogens (tertiary/aromatic N) is 1. The monoisotopic (exact) mass is 406 g/mol. The van der Waals surface area contributed by atoms with Gasteiger partial charge in [-0.2, -0.15) is 0 Å². The Morgan fingerprint density at radius 2 is 1.93 bits per heavy atom. The minimum atomic E-state index is 0.0495. The molecule has 0 fully saturated rings. The highest BCUT2D eigenvalue weighted by atomic mass is 32.1. The number of hydrogen-bond acceptors (Lipinski definition) is 4. The largest absolute Gasteiger partial charge is 0.485 e. The van der Waals surface area contributed by atoms with Gasteiger partial charge in [0.25, 0.3) is 5.91 Å². The van der Waals surface area contributed by atoms with E-state index in [2.05, 4.69) is 41.0 Å². The topological polar surface area (TPSA) is 41.6 Å². The van der Waals surface area contributed by atoms with Crippen LogP contribution in [0.15, 0.2) is 66.0 Å². The van der Waals surface area contributed by atoms with Gasteiger partial charge in [-0.05, 0) is 60.8 Å². The van der Waals surface area contributed by atoms with Crippen molar-refractivity contribution in [1.82, 2.24) is 10.2 Å². The van der Waals surface area contributed by atoms with E-state index in [1.807, 2.05) is 42.3 Å². The summed E-state index contributed by atoms with van der Waals surface area (Å²) in [6.45, 7) is 2.29. The molecule has 0 aliphatic carbocycles. The second kappa shape index (κ2) is 9.25. The third-order valence-corrected chi connectivity index (χ3v) is 6.24. The van der Waals surface area contributed by atoms with Crippen molar-refractivity contribution in [2.24, 2.45) is 0 Å². The van der Waals surface area contributed by atoms with Crippen molar-refractivity contribution < 1.29 is 9.53 Å². The number of fused-ring (bicyclic) bond motifs is 1. The number of benzene rings is 2. The summed E-state index contributed by atoms with van der Waals surface area (Å²) in [5.41, 5.74) is 3.11. The van der Waals surface area contributed by atoms with E-state index in [0.29, 0.717) is 6.54 Å². The van der Waals surface area contributed by atoms with Gasteiger partial charge in [-0.3, -0.25) is 4.79 Å². The molecular formula is C24H26N2O2S. The molecule has 1 atom stereocenters. The van der Waals surface area contributed by atoms with Crippen LogP contribution in [0.25, 0.3) is 0 Å². The number of nitrogens with one attached hydrogen (secondary N) is 1. The summed E-state index contributed by atoms with van der Waals surface area (Å²) >= 11 is 1.72. The molecule has 150 valence electrons. The number of thiophene rings is 1. The fourth-order valence-corrected chi connectivity index (χ4v) is 4.48. The molecule has 1 amide bonds. The van der Waals surface area contributed by atoms with Gasteiger partial charge in [-0.25, -0.2) is 0 Å². The Kier molecular flexibility index (Phi) is 6.27. The van der Waals surface area contributed by atoms with Gasteiger partial charge < -0.3 is 15.0 Å². The fourth-order valence-electron chi connectivity index (χ4n) is 3.69. The summed E-state index contributed by atoms with van der Waals surface area (Å²) < 4.78 is 6.26. The van der Waals surface area contributed by atoms with Gasteiger partial charge >= 0.3 is 0 Å². The summed E-state index contributed by atoms with van der Waals surface area (Å²) in [5, 5.41) is 5.28. The molecular weight excluding hydrogens is 380 g/mol. The predicted octanol–water partition coefficient (Wildman–Crippen LogP) is 4.68. The minimum absolute atomic E-state index is 0.0495. The lowest BCUT2D eigenvalue weighted by Gasteiger charge is -2.28. The lowest BCUT2D eigenvalue weighted by atomic mass is 9.99. The maximum absolute atomic E-state index is 12.8. The zero-order valence-electron chi connectivity index (χ0n) is 16.6. The molecule has 0 unspecified atom stereocenters. The average Bonchev–Trinajstić information content (AvgIpc) is 3.29. The van der Waals surface area contributed by atoms with E-state index in [4.69, 9.17) is 4.74 Å². The van der Waals surface area contributed by atoms with E-state index in [9.17, 15) is 4.79 Å². The molecule has 0 radical (unpaired) electrons. The summed E-state index contributed by atoms with van der Waals surface area (Å²) in [7, 11) is 1.96. The van der Waals surface area contributed by atoms with Crippen molar-refractivity contribution in [3.05, 3.63) is 87.6 Å². The van der Waals surface area contributed by atoms with E-state index in [1.54, 1.807) is 11.3 Å². The molecule has 0 saturated carbocycles. The lowest BCUT2D eigenvalue weighted by Crippen LogP contribution is -2.36. The van der Waals surface area contributed by atoms with Crippen LogP contribution in [0.3, 0.4) is 0 Å². The molecule has 0 bridgehead atoms. The van der Waals surface area contributed by atoms with Crippen molar-refractivity contribution in [3.63, 3.8) is 0 Å². The van der Waals surface area contributed by atoms with E-state index in [1.165, 1.54) is 4.88 Å². The molecule has 3 aromatic rings. The normalized spacial score (nSPS) is 14.5. The van der Waals surface area contributed by atoms with Gasteiger partial charge in [0, 0.05) is 30.0 Å². The average molecular weight is 407 g/mol. The first-order chi connectivity index (χ1) is 14.2. The molecule has 1 aliphatic heterocycles. The smallest absolute Gasteiger partial charge is 0.254 e. The zero-order chi connectivity index (χ0) is 20.1. The SMILES string of the molecule is CNCC[C@H](Oc1ccc(CN2CCc3ccccc3C2=O)cc1)c1cccs1. The molecule has 4 nitrogen and oxygen atoms in total. The summed E-state index contributed by atoms with van der Waals surface area (Å²) in [5.74, 6) is 0.982. The zero-order valence-corrected chi connectivity index (χ0v) is 17.5. The Labute approximate surface area is 176 Å². The van der Waals surface area contributed by atoms with Crippen LogP contribution in [0, 0.1) is 0 Å². The Hall–Kier alpha value is -2.63. The van der Waals surface area contributed by atoms with Gasteiger partial charge in [-0.1, -0.05) is 36.4 Å². The minimum Gasteiger partial charge on any atom is -0.485 e. The maximum Gasteiger partial charge on any atom is 0.254 e. The second-order valence-electron chi connectivity index (χ2n) is 7.29. The summed E-state index contributed by atoms with van der Waals surface area (Å²) in [6.07, 6.45) is 1.88. The van der Waals surface area contributed by atoms with Gasteiger partial charge in [0.2, 0.25) is 0 Å². The van der Waals surface area contributed by atoms with Gasteiger partial charge in [-0.15, -0.1) is 11.3 Å². The second-order valence-corrected chi connectivity index (χ2v) is 8.27. The molecule has 1 N–H and O–H groups in total. The molecule has 4 rings (SSSR count). The van der Waals surface area contributed by atoms with Gasteiger partial charge in [0.05, 0.1) is 0 Å². The molecule has 0 spiro atoms. The number of rotatable bonds is 8. The van der Waals surface area contributed by atoms with Crippen LogP contribution in [0.2, 0.25) is 0 Å². The van der Waals surface area contributed by atoms with Crippen LogP contribution >= 0.6 is 11.3 Å². The first-order valence-electron chi connectivity index (χ1n) is 10.1. The fraction of sp³-hybridized carbons (Fsp3) is 0.292. The molecule has 5 heteroatoms. The Balaban J connectivity index is 1.41. The van der Waals surface area contributed by atoms with E-state index in [-0.39, 0.29) is 12.0 Å². The quantitative estimate of drug-likeness (QED) is 0.591. The van der Waals surface area contributed by atoms with Crippen molar-refractivity contribution in [2.45, 2.75) is 25.5 Å². The highest BCUT2D eigenvalue weighted by molar-refractivity contribution is 7.10. The number of hydrogen-bond donors (Lipinski definition) is 1. The predicted molar refractivity (Wildman–Crippen MR) is 118 cm³/mol. The van der Waals surface area contributed by atoms with Crippen molar-refractivity contribution >= 4 is 17.2 Å². The van der Waals surface area contributed by atoms with Gasteiger partial charge in [0.1, 0.15) is 11.9 Å². The van der Waals surface area contributed by atoms with Crippen molar-refractivity contribution in [2.75, 3.05) is 20.1 Å². The number of carbonyl (C=O) groups excluding carboxylic acids is 1. The number of carbonyl (C=O) groups is 1. The summed E-state index contributed by atoms with van der Waals surface area (Å²) in [6, 6.07) is 20.2. The van der Waals surface area contributed by atoms with E-state index >= 15 is 0 Å². The highest BCUT2D eigenvalue weighted by Crippen LogP contribution is 2.28. The van der Waals surface area contributed by atoms with Gasteiger partial charge in [0.15, 0.2) is 0 Å². The molecule has 1 aliphatic rings. The summed E-state index contributed by atoms with van der Waals surface area (Å²) in [4.78, 5) is 15.9. The van der Waals surface area contributed by atoms with Crippen LogP contribution in [-0.4, -0.2) is 30.9 Å². The third kappa shape index (κ3) is 4.69. The van der Waals surface area contributed by atoms with Crippen molar-refractivity contribution in [1.29, 1.82) is 0 Å². The molecule has 2 heterocycles. The standard InChI is InChI=1S/C24H26N2O2S/c1-25-14-12-22(23-7-4-16-29-23)28-20-10-8-18(9-11-20)17-26-15-13-19-5-2-3-6-21(19)24(26)27/h2-11,16,22,25H,12-15,17H2,1H3/t22-/m0/s1. The van der Waals surface area contributed by atoms with Crippen LogP contribution in [0.4, 0.5) is 0 Å². The first-order valence-corrected chi connectivity index (χ1v) is 10.9. The molecule has 1 aromatic heterocycles. The number of amides is 1. The van der Waals surface area contributed by atoms with Crippen LogP contribution in [-0.2, 0) is 13.0 Å². The first kappa shape index (κ1) is 19.7. The lowest BCUT2D eigenvalue weighted by molar-refractivity contribution is 0.0727. The molecule has 2 aromatic carbocycles. The highest BCUT2D eigenvalue weighted by Gasteiger charge is 2.23. The Morgan fingerprint density at radius 3 is 2.69 bits per heavy atom. The van der Waals surface area contributed by atoms with E-state index in [0.717, 1.165) is 48.4 Å². The van der Waals surface area contributed by atoms with E-state index < -0.39 is 0 Å². The van der Waals surface area contributed by atoms with Crippen molar-refractivity contribution in [3.8, 4) is 5.75 Å². The molecule has 29 heavy (non-hydrogen) atoms. The third-order valence-electron chi connectivity index (χ3n) is 5.28. The number of ether oxygens (including phenoxy) is 1. The van der Waals surface area contributed by atoms with Crippen LogP contribution < -0.4 is 10.1 Å². The Morgan fingerprint density at radius 1 is 1.10 bits per heavy atom. The van der Waals surface area contributed by atoms with Crippen LogP contribution in [0.1, 0.15) is 38.9 Å². The maximum atomic E-state index is 12.8. The van der Waals surface area contributed by atoms with Crippen LogP contribution in [0.5, 0.6) is 5.75 Å². The Bertz CT molecular complexity index is 938.